The van der Waals surface area contributed by atoms with Crippen molar-refractivity contribution >= 4 is 55.2 Å². The Morgan fingerprint density at radius 3 is 2.67 bits per heavy atom. The Morgan fingerprint density at radius 2 is 1.95 bits per heavy atom. The molecule has 3 rings (SSSR count). The van der Waals surface area contributed by atoms with Gasteiger partial charge in [-0.3, -0.25) is 0 Å². The fourth-order valence-electron chi connectivity index (χ4n) is 2.08. The van der Waals surface area contributed by atoms with Gasteiger partial charge in [-0.1, -0.05) is 41.9 Å². The molecule has 0 atom stereocenters. The largest absolute Gasteiger partial charge is 0.244 e. The molecule has 0 aliphatic carbocycles. The third kappa shape index (κ3) is 2.93. The van der Waals surface area contributed by atoms with Gasteiger partial charge in [0.1, 0.15) is 0 Å². The van der Waals surface area contributed by atoms with Gasteiger partial charge in [-0.15, -0.1) is 0 Å². The van der Waals surface area contributed by atoms with Crippen LogP contribution in [0.1, 0.15) is 5.56 Å². The summed E-state index contributed by atoms with van der Waals surface area (Å²) in [6, 6.07) is 10.8. The zero-order valence-electron chi connectivity index (χ0n) is 10.7. The summed E-state index contributed by atoms with van der Waals surface area (Å²) in [5, 5.41) is 1.22. The second-order valence-electron chi connectivity index (χ2n) is 4.54. The Labute approximate surface area is 140 Å². The molecule has 0 fully saturated rings. The molecule has 0 spiro atoms. The number of fused-ring (bicyclic) bond motifs is 1. The molecule has 108 valence electrons. The average molecular weight is 433 g/mol. The van der Waals surface area contributed by atoms with E-state index in [9.17, 15) is 8.42 Å². The molecular formula is C14H10ClIN2O2S. The van der Waals surface area contributed by atoms with Crippen molar-refractivity contribution in [2.75, 3.05) is 0 Å². The Kier molecular flexibility index (Phi) is 3.94. The Hall–Kier alpha value is -1.12. The highest BCUT2D eigenvalue weighted by molar-refractivity contribution is 14.1. The van der Waals surface area contributed by atoms with Gasteiger partial charge in [-0.05, 0) is 34.2 Å². The van der Waals surface area contributed by atoms with Crippen LogP contribution in [0.4, 0.5) is 0 Å². The quantitative estimate of drug-likeness (QED) is 0.594. The van der Waals surface area contributed by atoms with Gasteiger partial charge in [0.05, 0.1) is 10.8 Å². The van der Waals surface area contributed by atoms with Gasteiger partial charge in [-0.2, -0.15) is 0 Å². The van der Waals surface area contributed by atoms with Crippen molar-refractivity contribution < 1.29 is 8.42 Å². The fraction of sp³-hybridized carbons (Fsp3) is 0.0714. The number of nitrogens with zero attached hydrogens (tertiary/aromatic N) is 2. The first-order valence-corrected chi connectivity index (χ1v) is 9.13. The summed E-state index contributed by atoms with van der Waals surface area (Å²) < 4.78 is 27.2. The van der Waals surface area contributed by atoms with E-state index in [-0.39, 0.29) is 5.75 Å². The molecule has 4 nitrogen and oxygen atoms in total. The average Bonchev–Trinajstić information content (AvgIpc) is 2.77. The van der Waals surface area contributed by atoms with Gasteiger partial charge in [0.2, 0.25) is 10.0 Å². The van der Waals surface area contributed by atoms with E-state index in [1.165, 1.54) is 10.2 Å². The molecule has 3 aromatic rings. The maximum absolute atomic E-state index is 12.6. The number of halogens is 2. The molecule has 0 amide bonds. The molecule has 0 unspecified atom stereocenters. The SMILES string of the molecule is O=S(=O)(Cc1ccccc1)n1cc(I)c2cc(Cl)cnc21. The van der Waals surface area contributed by atoms with Crippen LogP contribution >= 0.6 is 34.2 Å². The molecule has 0 bridgehead atoms. The minimum atomic E-state index is -3.53. The van der Waals surface area contributed by atoms with Crippen molar-refractivity contribution in [3.05, 3.63) is 62.9 Å². The van der Waals surface area contributed by atoms with Crippen LogP contribution in [0.3, 0.4) is 0 Å². The van der Waals surface area contributed by atoms with Gasteiger partial charge in [0.25, 0.3) is 0 Å². The Bertz CT molecular complexity index is 907. The smallest absolute Gasteiger partial charge is 0.236 e. The molecule has 0 N–H and O–H groups in total. The minimum absolute atomic E-state index is 0.0714. The van der Waals surface area contributed by atoms with Crippen LogP contribution < -0.4 is 0 Å². The maximum Gasteiger partial charge on any atom is 0.244 e. The van der Waals surface area contributed by atoms with Gasteiger partial charge in [-0.25, -0.2) is 17.4 Å². The first kappa shape index (κ1) is 14.8. The van der Waals surface area contributed by atoms with Gasteiger partial charge in [0.15, 0.2) is 5.65 Å². The Balaban J connectivity index is 2.11. The summed E-state index contributed by atoms with van der Waals surface area (Å²) >= 11 is 8.00. The van der Waals surface area contributed by atoms with Crippen molar-refractivity contribution in [1.29, 1.82) is 0 Å². The van der Waals surface area contributed by atoms with Crippen molar-refractivity contribution in [2.45, 2.75) is 5.75 Å². The predicted octanol–water partition coefficient (Wildman–Crippen LogP) is 3.67. The minimum Gasteiger partial charge on any atom is -0.236 e. The van der Waals surface area contributed by atoms with Crippen LogP contribution in [-0.2, 0) is 15.8 Å². The highest BCUT2D eigenvalue weighted by Gasteiger charge is 2.20. The number of rotatable bonds is 3. The monoisotopic (exact) mass is 432 g/mol. The van der Waals surface area contributed by atoms with E-state index in [0.29, 0.717) is 10.7 Å². The van der Waals surface area contributed by atoms with E-state index < -0.39 is 10.0 Å². The van der Waals surface area contributed by atoms with Gasteiger partial charge >= 0.3 is 0 Å². The van der Waals surface area contributed by atoms with Crippen molar-refractivity contribution in [1.82, 2.24) is 8.96 Å². The normalized spacial score (nSPS) is 11.9. The van der Waals surface area contributed by atoms with E-state index in [1.54, 1.807) is 24.4 Å². The molecule has 7 heteroatoms. The molecule has 0 aliphatic heterocycles. The molecule has 0 aliphatic rings. The standard InChI is InChI=1S/C14H10ClIN2O2S/c15-11-6-12-13(16)8-18(14(12)17-7-11)21(19,20)9-10-4-2-1-3-5-10/h1-8H,9H2. The van der Waals surface area contributed by atoms with Crippen molar-refractivity contribution in [3.8, 4) is 0 Å². The highest BCUT2D eigenvalue weighted by atomic mass is 127. The molecule has 0 radical (unpaired) electrons. The molecule has 0 saturated carbocycles. The molecule has 2 heterocycles. The first-order chi connectivity index (χ1) is 9.97. The number of pyridine rings is 1. The molecule has 1 aromatic carbocycles. The number of benzene rings is 1. The molecular weight excluding hydrogens is 423 g/mol. The van der Waals surface area contributed by atoms with Gasteiger partial charge < -0.3 is 0 Å². The Morgan fingerprint density at radius 1 is 1.24 bits per heavy atom. The third-order valence-corrected chi connectivity index (χ3v) is 5.66. The summed E-state index contributed by atoms with van der Waals surface area (Å²) in [7, 11) is -3.53. The van der Waals surface area contributed by atoms with Crippen LogP contribution in [0.2, 0.25) is 5.02 Å². The lowest BCUT2D eigenvalue weighted by Crippen LogP contribution is -2.14. The van der Waals surface area contributed by atoms with E-state index in [4.69, 9.17) is 11.6 Å². The number of hydrogen-bond acceptors (Lipinski definition) is 3. The highest BCUT2D eigenvalue weighted by Crippen LogP contribution is 2.26. The summed E-state index contributed by atoms with van der Waals surface area (Å²) in [4.78, 5) is 4.16. The topological polar surface area (TPSA) is 52.0 Å². The van der Waals surface area contributed by atoms with Crippen LogP contribution in [0.25, 0.3) is 11.0 Å². The molecule has 0 saturated heterocycles. The van der Waals surface area contributed by atoms with E-state index >= 15 is 0 Å². The second-order valence-corrected chi connectivity index (χ2v) is 7.98. The molecule has 2 aromatic heterocycles. The molecule has 21 heavy (non-hydrogen) atoms. The lowest BCUT2D eigenvalue weighted by Gasteiger charge is -2.06. The van der Waals surface area contributed by atoms with Crippen molar-refractivity contribution in [3.63, 3.8) is 0 Å². The third-order valence-electron chi connectivity index (χ3n) is 3.02. The maximum atomic E-state index is 12.6. The van der Waals surface area contributed by atoms with Crippen molar-refractivity contribution in [2.24, 2.45) is 0 Å². The lowest BCUT2D eigenvalue weighted by atomic mass is 10.2. The number of aromatic nitrogens is 2. The lowest BCUT2D eigenvalue weighted by molar-refractivity contribution is 0.588. The summed E-state index contributed by atoms with van der Waals surface area (Å²) in [5.74, 6) is -0.0714. The second kappa shape index (κ2) is 5.58. The van der Waals surface area contributed by atoms with E-state index in [1.807, 2.05) is 18.2 Å². The number of hydrogen-bond donors (Lipinski definition) is 0. The van der Waals surface area contributed by atoms with Crippen LogP contribution in [0.15, 0.2) is 48.8 Å². The zero-order chi connectivity index (χ0) is 15.0. The summed E-state index contributed by atoms with van der Waals surface area (Å²) in [6.45, 7) is 0. The summed E-state index contributed by atoms with van der Waals surface area (Å²) in [5.41, 5.74) is 1.14. The zero-order valence-corrected chi connectivity index (χ0v) is 14.4. The predicted molar refractivity (Wildman–Crippen MR) is 91.9 cm³/mol. The van der Waals surface area contributed by atoms with Gasteiger partial charge in [0, 0.05) is 21.4 Å². The summed E-state index contributed by atoms with van der Waals surface area (Å²) in [6.07, 6.45) is 3.03. The van der Waals surface area contributed by atoms with Crippen LogP contribution in [0.5, 0.6) is 0 Å². The van der Waals surface area contributed by atoms with E-state index in [2.05, 4.69) is 27.6 Å². The van der Waals surface area contributed by atoms with Crippen LogP contribution in [-0.4, -0.2) is 17.4 Å². The van der Waals surface area contributed by atoms with Crippen LogP contribution in [0, 0.1) is 3.57 Å². The first-order valence-electron chi connectivity index (χ1n) is 6.07. The fourth-order valence-corrected chi connectivity index (χ4v) is 4.53. The van der Waals surface area contributed by atoms with E-state index in [0.717, 1.165) is 14.5 Å².